The van der Waals surface area contributed by atoms with Crippen molar-refractivity contribution in [3.63, 3.8) is 0 Å². The summed E-state index contributed by atoms with van der Waals surface area (Å²) in [6.07, 6.45) is 7.37. The Hall–Kier alpha value is -2.95. The van der Waals surface area contributed by atoms with E-state index in [0.29, 0.717) is 6.42 Å². The highest BCUT2D eigenvalue weighted by atomic mass is 16.1. The minimum Gasteiger partial charge on any atom is -0.347 e. The number of amides is 1. The molecule has 26 heavy (non-hydrogen) atoms. The number of hydrogen-bond acceptors (Lipinski definition) is 3. The molecule has 0 bridgehead atoms. The summed E-state index contributed by atoms with van der Waals surface area (Å²) in [6.45, 7) is 2.81. The molecule has 0 unspecified atom stereocenters. The van der Waals surface area contributed by atoms with Gasteiger partial charge in [-0.05, 0) is 43.5 Å². The van der Waals surface area contributed by atoms with Crippen LogP contribution in [0.25, 0.3) is 0 Å². The maximum atomic E-state index is 12.4. The molecule has 0 fully saturated rings. The molecule has 0 aliphatic heterocycles. The molecule has 2 aromatic heterocycles. The molecule has 3 rings (SSSR count). The van der Waals surface area contributed by atoms with Crippen LogP contribution in [-0.2, 0) is 17.8 Å². The molecule has 0 saturated carbocycles. The molecule has 3 aromatic rings. The molecule has 0 spiro atoms. The Kier molecular flexibility index (Phi) is 6.14. The monoisotopic (exact) mass is 348 g/mol. The number of carbonyl (C=O) groups is 1. The first kappa shape index (κ1) is 17.9. The molecule has 1 amide bonds. The summed E-state index contributed by atoms with van der Waals surface area (Å²) < 4.78 is 1.84. The molecular formula is C21H24N4O. The zero-order valence-electron chi connectivity index (χ0n) is 15.0. The van der Waals surface area contributed by atoms with Crippen molar-refractivity contribution in [1.82, 2.24) is 20.1 Å². The topological polar surface area (TPSA) is 59.8 Å². The van der Waals surface area contributed by atoms with Gasteiger partial charge in [0.15, 0.2) is 0 Å². The highest BCUT2D eigenvalue weighted by molar-refractivity contribution is 5.76. The summed E-state index contributed by atoms with van der Waals surface area (Å²) in [7, 11) is 0. The second kappa shape index (κ2) is 8.94. The Morgan fingerprint density at radius 2 is 1.96 bits per heavy atom. The molecule has 0 aliphatic carbocycles. The summed E-state index contributed by atoms with van der Waals surface area (Å²) in [6, 6.07) is 16.0. The van der Waals surface area contributed by atoms with Crippen LogP contribution in [0.3, 0.4) is 0 Å². The predicted octanol–water partition coefficient (Wildman–Crippen LogP) is 3.47. The molecule has 5 nitrogen and oxygen atoms in total. The van der Waals surface area contributed by atoms with Crippen LogP contribution < -0.4 is 5.32 Å². The lowest BCUT2D eigenvalue weighted by molar-refractivity contribution is -0.122. The minimum absolute atomic E-state index is 0.0416. The number of nitrogens with zero attached hydrogens (tertiary/aromatic N) is 3. The van der Waals surface area contributed by atoms with Gasteiger partial charge in [0.1, 0.15) is 0 Å². The van der Waals surface area contributed by atoms with Crippen molar-refractivity contribution in [2.75, 3.05) is 0 Å². The molecule has 1 N–H and O–H groups in total. The normalized spacial score (nSPS) is 11.9. The van der Waals surface area contributed by atoms with Gasteiger partial charge in [-0.2, -0.15) is 5.10 Å². The van der Waals surface area contributed by atoms with Crippen LogP contribution in [0.1, 0.15) is 35.7 Å². The minimum atomic E-state index is -0.129. The van der Waals surface area contributed by atoms with Crippen LogP contribution in [0.2, 0.25) is 0 Å². The average molecular weight is 348 g/mol. The van der Waals surface area contributed by atoms with E-state index in [1.807, 2.05) is 35.1 Å². The Morgan fingerprint density at radius 1 is 1.12 bits per heavy atom. The molecule has 2 heterocycles. The van der Waals surface area contributed by atoms with Gasteiger partial charge in [0.25, 0.3) is 0 Å². The fourth-order valence-corrected chi connectivity index (χ4v) is 2.87. The van der Waals surface area contributed by atoms with E-state index in [4.69, 9.17) is 0 Å². The van der Waals surface area contributed by atoms with Gasteiger partial charge >= 0.3 is 0 Å². The van der Waals surface area contributed by atoms with E-state index >= 15 is 0 Å². The molecular weight excluding hydrogens is 324 g/mol. The van der Waals surface area contributed by atoms with Crippen LogP contribution in [0.15, 0.2) is 67.1 Å². The van der Waals surface area contributed by atoms with Crippen LogP contribution in [-0.4, -0.2) is 20.7 Å². The standard InChI is InChI=1S/C21H24N4O/c1-17-8-10-18(11-9-17)16-20(19-6-2-3-12-22-19)24-21(26)7-4-14-25-15-5-13-23-25/h2-3,5-6,8-13,15,20H,4,7,14,16H2,1H3,(H,24,26)/t20-/m0/s1. The summed E-state index contributed by atoms with van der Waals surface area (Å²) in [4.78, 5) is 16.9. The Labute approximate surface area is 154 Å². The number of nitrogens with one attached hydrogen (secondary N) is 1. The predicted molar refractivity (Wildman–Crippen MR) is 101 cm³/mol. The van der Waals surface area contributed by atoms with Crippen molar-refractivity contribution in [2.45, 2.75) is 38.8 Å². The summed E-state index contributed by atoms with van der Waals surface area (Å²) >= 11 is 0. The van der Waals surface area contributed by atoms with E-state index in [2.05, 4.69) is 46.6 Å². The smallest absolute Gasteiger partial charge is 0.220 e. The van der Waals surface area contributed by atoms with Crippen LogP contribution >= 0.6 is 0 Å². The lowest BCUT2D eigenvalue weighted by Crippen LogP contribution is -2.30. The second-order valence-corrected chi connectivity index (χ2v) is 6.44. The maximum absolute atomic E-state index is 12.4. The van der Waals surface area contributed by atoms with Crippen molar-refractivity contribution in [2.24, 2.45) is 0 Å². The number of carbonyl (C=O) groups excluding carboxylic acids is 1. The Balaban J connectivity index is 1.61. The zero-order valence-corrected chi connectivity index (χ0v) is 15.0. The van der Waals surface area contributed by atoms with Gasteiger partial charge in [0.05, 0.1) is 11.7 Å². The number of rotatable bonds is 8. The third kappa shape index (κ3) is 5.28. The Bertz CT molecular complexity index is 798. The van der Waals surface area contributed by atoms with Crippen LogP contribution in [0.4, 0.5) is 0 Å². The van der Waals surface area contributed by atoms with Crippen molar-refractivity contribution >= 4 is 5.91 Å². The van der Waals surface area contributed by atoms with Gasteiger partial charge in [-0.3, -0.25) is 14.5 Å². The molecule has 5 heteroatoms. The van der Waals surface area contributed by atoms with Crippen LogP contribution in [0.5, 0.6) is 0 Å². The van der Waals surface area contributed by atoms with Gasteiger partial charge in [0.2, 0.25) is 5.91 Å². The fourth-order valence-electron chi connectivity index (χ4n) is 2.87. The summed E-state index contributed by atoms with van der Waals surface area (Å²) in [5.74, 6) is 0.0416. The largest absolute Gasteiger partial charge is 0.347 e. The molecule has 1 aromatic carbocycles. The van der Waals surface area contributed by atoms with E-state index in [9.17, 15) is 4.79 Å². The van der Waals surface area contributed by atoms with Crippen molar-refractivity contribution < 1.29 is 4.79 Å². The average Bonchev–Trinajstić information content (AvgIpc) is 3.17. The van der Waals surface area contributed by atoms with Gasteiger partial charge in [-0.25, -0.2) is 0 Å². The molecule has 0 saturated heterocycles. The first-order chi connectivity index (χ1) is 12.7. The zero-order chi connectivity index (χ0) is 18.2. The lowest BCUT2D eigenvalue weighted by Gasteiger charge is -2.19. The third-order valence-electron chi connectivity index (χ3n) is 4.29. The van der Waals surface area contributed by atoms with E-state index < -0.39 is 0 Å². The van der Waals surface area contributed by atoms with Gasteiger partial charge in [-0.1, -0.05) is 35.9 Å². The number of hydrogen-bond donors (Lipinski definition) is 1. The summed E-state index contributed by atoms with van der Waals surface area (Å²) in [5, 5.41) is 7.30. The quantitative estimate of drug-likeness (QED) is 0.678. The van der Waals surface area contributed by atoms with Crippen molar-refractivity contribution in [3.8, 4) is 0 Å². The maximum Gasteiger partial charge on any atom is 0.220 e. The van der Waals surface area contributed by atoms with Gasteiger partial charge in [-0.15, -0.1) is 0 Å². The summed E-state index contributed by atoms with van der Waals surface area (Å²) in [5.41, 5.74) is 3.29. The molecule has 0 aliphatic rings. The second-order valence-electron chi connectivity index (χ2n) is 6.44. The van der Waals surface area contributed by atoms with E-state index in [1.165, 1.54) is 11.1 Å². The highest BCUT2D eigenvalue weighted by Crippen LogP contribution is 2.17. The number of benzene rings is 1. The lowest BCUT2D eigenvalue weighted by atomic mass is 10.0. The SMILES string of the molecule is Cc1ccc(C[C@H](NC(=O)CCCn2cccn2)c2ccccn2)cc1. The van der Waals surface area contributed by atoms with E-state index in [-0.39, 0.29) is 11.9 Å². The van der Waals surface area contributed by atoms with Crippen LogP contribution in [0, 0.1) is 6.92 Å². The highest BCUT2D eigenvalue weighted by Gasteiger charge is 2.16. The van der Waals surface area contributed by atoms with Gasteiger partial charge in [0, 0.05) is 31.6 Å². The fraction of sp³-hybridized carbons (Fsp3) is 0.286. The first-order valence-corrected chi connectivity index (χ1v) is 8.94. The molecule has 1 atom stereocenters. The number of pyridine rings is 1. The number of aromatic nitrogens is 3. The Morgan fingerprint density at radius 3 is 2.65 bits per heavy atom. The van der Waals surface area contributed by atoms with E-state index in [0.717, 1.165) is 25.1 Å². The first-order valence-electron chi connectivity index (χ1n) is 8.94. The third-order valence-corrected chi connectivity index (χ3v) is 4.29. The van der Waals surface area contributed by atoms with E-state index in [1.54, 1.807) is 12.4 Å². The number of aryl methyl sites for hydroxylation is 2. The molecule has 0 radical (unpaired) electrons. The van der Waals surface area contributed by atoms with Crippen molar-refractivity contribution in [3.05, 3.63) is 83.9 Å². The van der Waals surface area contributed by atoms with Gasteiger partial charge < -0.3 is 5.32 Å². The van der Waals surface area contributed by atoms with Crippen molar-refractivity contribution in [1.29, 1.82) is 0 Å². The molecule has 134 valence electrons.